The van der Waals surface area contributed by atoms with E-state index in [-0.39, 0.29) is 23.7 Å². The van der Waals surface area contributed by atoms with Gasteiger partial charge in [-0.05, 0) is 12.1 Å². The zero-order chi connectivity index (χ0) is 18.8. The predicted molar refractivity (Wildman–Crippen MR) is 99.7 cm³/mol. The van der Waals surface area contributed by atoms with Crippen molar-refractivity contribution in [3.63, 3.8) is 0 Å². The lowest BCUT2D eigenvalue weighted by Gasteiger charge is -2.00. The van der Waals surface area contributed by atoms with E-state index in [1.807, 2.05) is 12.1 Å². The van der Waals surface area contributed by atoms with Crippen LogP contribution in [0.1, 0.15) is 37.5 Å². The van der Waals surface area contributed by atoms with Crippen LogP contribution in [0.4, 0.5) is 0 Å². The van der Waals surface area contributed by atoms with Gasteiger partial charge in [0, 0.05) is 11.1 Å². The maximum absolute atomic E-state index is 11.8. The summed E-state index contributed by atoms with van der Waals surface area (Å²) in [7, 11) is 0. The number of phenols is 1. The smallest absolute Gasteiger partial charge is 0.170 e. The molecule has 3 aromatic rings. The molecule has 26 heavy (non-hydrogen) atoms. The highest BCUT2D eigenvalue weighted by molar-refractivity contribution is 6.13. The summed E-state index contributed by atoms with van der Waals surface area (Å²) in [6.07, 6.45) is 0.545. The van der Waals surface area contributed by atoms with E-state index in [4.69, 9.17) is 5.11 Å². The minimum Gasteiger partial charge on any atom is -0.507 e. The molecule has 1 N–H and O–H groups in total. The molecule has 0 bridgehead atoms. The van der Waals surface area contributed by atoms with Crippen molar-refractivity contribution in [2.45, 2.75) is 6.42 Å². The summed E-state index contributed by atoms with van der Waals surface area (Å²) in [5.74, 6) is -0.244. The Balaban J connectivity index is 0.000000228. The third kappa shape index (κ3) is 5.53. The number of rotatable bonds is 5. The molecular weight excluding hydrogens is 328 g/mol. The van der Waals surface area contributed by atoms with Crippen LogP contribution in [0.25, 0.3) is 0 Å². The van der Waals surface area contributed by atoms with Gasteiger partial charge in [0.2, 0.25) is 0 Å². The molecule has 0 saturated heterocycles. The Labute approximate surface area is 151 Å². The molecule has 4 nitrogen and oxygen atoms in total. The predicted octanol–water partition coefficient (Wildman–Crippen LogP) is 4.35. The van der Waals surface area contributed by atoms with Crippen LogP contribution in [0.2, 0.25) is 0 Å². The van der Waals surface area contributed by atoms with Gasteiger partial charge in [-0.2, -0.15) is 0 Å². The van der Waals surface area contributed by atoms with Gasteiger partial charge < -0.3 is 5.11 Å². The van der Waals surface area contributed by atoms with E-state index in [1.54, 1.807) is 66.7 Å². The summed E-state index contributed by atoms with van der Waals surface area (Å²) >= 11 is 0. The van der Waals surface area contributed by atoms with Crippen molar-refractivity contribution < 1.29 is 19.5 Å². The number of carbonyl (C=O) groups excluding carboxylic acids is 3. The average molecular weight is 346 g/mol. The summed E-state index contributed by atoms with van der Waals surface area (Å²) in [6.45, 7) is 0. The first-order valence-corrected chi connectivity index (χ1v) is 8.01. The molecule has 0 saturated carbocycles. The molecule has 0 fully saturated rings. The molecular formula is C22H18O4. The molecule has 0 aliphatic carbocycles. The lowest BCUT2D eigenvalue weighted by Crippen LogP contribution is -2.08. The Hall–Kier alpha value is -3.53. The minimum absolute atomic E-state index is 0.0347. The van der Waals surface area contributed by atoms with E-state index in [1.165, 1.54) is 6.07 Å². The molecule has 0 amide bonds. The van der Waals surface area contributed by atoms with E-state index < -0.39 is 0 Å². The van der Waals surface area contributed by atoms with Crippen molar-refractivity contribution in [3.05, 3.63) is 102 Å². The summed E-state index contributed by atoms with van der Waals surface area (Å²) in [5.41, 5.74) is 1.49. The van der Waals surface area contributed by atoms with Crippen LogP contribution in [0, 0.1) is 0 Å². The van der Waals surface area contributed by atoms with Crippen LogP contribution in [-0.4, -0.2) is 23.0 Å². The van der Waals surface area contributed by atoms with Crippen molar-refractivity contribution >= 4 is 17.9 Å². The molecule has 0 aromatic heterocycles. The van der Waals surface area contributed by atoms with Crippen LogP contribution < -0.4 is 0 Å². The number of ketones is 2. The zero-order valence-corrected chi connectivity index (χ0v) is 14.0. The molecule has 3 rings (SSSR count). The molecule has 0 heterocycles. The fourth-order valence-corrected chi connectivity index (χ4v) is 2.19. The van der Waals surface area contributed by atoms with Gasteiger partial charge in [-0.15, -0.1) is 0 Å². The molecule has 0 aliphatic heterocycles. The quantitative estimate of drug-likeness (QED) is 0.424. The highest BCUT2D eigenvalue weighted by Gasteiger charge is 2.12. The van der Waals surface area contributed by atoms with Crippen molar-refractivity contribution in [3.8, 4) is 5.75 Å². The third-order valence-electron chi connectivity index (χ3n) is 3.58. The van der Waals surface area contributed by atoms with Crippen LogP contribution in [0.3, 0.4) is 0 Å². The average Bonchev–Trinajstić information content (AvgIpc) is 2.70. The van der Waals surface area contributed by atoms with Crippen molar-refractivity contribution in [2.75, 3.05) is 0 Å². The van der Waals surface area contributed by atoms with Gasteiger partial charge >= 0.3 is 0 Å². The lowest BCUT2D eigenvalue weighted by atomic mass is 10.0. The minimum atomic E-state index is -0.139. The Morgan fingerprint density at radius 3 is 1.50 bits per heavy atom. The summed E-state index contributed by atoms with van der Waals surface area (Å²) in [5, 5.41) is 8.88. The SMILES string of the molecule is O=C(CC(=O)c1ccccc1)c1ccccc1.O=Cc1ccccc1O. The number of Topliss-reactive ketones (excluding diaryl/α,β-unsaturated/α-hetero) is 2. The van der Waals surface area contributed by atoms with Crippen LogP contribution in [-0.2, 0) is 0 Å². The fraction of sp³-hybridized carbons (Fsp3) is 0.0455. The maximum atomic E-state index is 11.8. The normalized spacial score (nSPS) is 9.54. The monoisotopic (exact) mass is 346 g/mol. The Morgan fingerprint density at radius 1 is 0.692 bits per heavy atom. The molecule has 130 valence electrons. The molecule has 0 atom stereocenters. The van der Waals surface area contributed by atoms with Gasteiger partial charge in [0.15, 0.2) is 17.9 Å². The van der Waals surface area contributed by atoms with Crippen LogP contribution >= 0.6 is 0 Å². The second-order valence-electron chi connectivity index (χ2n) is 5.43. The first kappa shape index (κ1) is 18.8. The summed E-state index contributed by atoms with van der Waals surface area (Å²) < 4.78 is 0. The Bertz CT molecular complexity index is 821. The van der Waals surface area contributed by atoms with Gasteiger partial charge in [0.05, 0.1) is 12.0 Å². The Morgan fingerprint density at radius 2 is 1.12 bits per heavy atom. The van der Waals surface area contributed by atoms with E-state index in [2.05, 4.69) is 0 Å². The van der Waals surface area contributed by atoms with Crippen molar-refractivity contribution in [2.24, 2.45) is 0 Å². The van der Waals surface area contributed by atoms with Crippen LogP contribution in [0.15, 0.2) is 84.9 Å². The number of hydrogen-bond acceptors (Lipinski definition) is 4. The number of hydrogen-bond donors (Lipinski definition) is 1. The number of benzene rings is 3. The van der Waals surface area contributed by atoms with E-state index >= 15 is 0 Å². The fourth-order valence-electron chi connectivity index (χ4n) is 2.19. The first-order chi connectivity index (χ1) is 12.6. The largest absolute Gasteiger partial charge is 0.507 e. The van der Waals surface area contributed by atoms with Gasteiger partial charge in [-0.1, -0.05) is 72.8 Å². The molecule has 0 spiro atoms. The highest BCUT2D eigenvalue weighted by Crippen LogP contribution is 2.11. The van der Waals surface area contributed by atoms with Crippen molar-refractivity contribution in [1.82, 2.24) is 0 Å². The molecule has 3 aromatic carbocycles. The van der Waals surface area contributed by atoms with E-state index in [0.29, 0.717) is 23.0 Å². The topological polar surface area (TPSA) is 71.4 Å². The summed E-state index contributed by atoms with van der Waals surface area (Å²) in [6, 6.07) is 24.1. The number of phenolic OH excluding ortho intramolecular Hbond substituents is 1. The summed E-state index contributed by atoms with van der Waals surface area (Å²) in [4.78, 5) is 33.7. The highest BCUT2D eigenvalue weighted by atomic mass is 16.3. The second kappa shape index (κ2) is 9.69. The number of carbonyl (C=O) groups is 3. The molecule has 4 heteroatoms. The number of aromatic hydroxyl groups is 1. The maximum Gasteiger partial charge on any atom is 0.170 e. The van der Waals surface area contributed by atoms with Gasteiger partial charge in [0.1, 0.15) is 5.75 Å². The number of aldehydes is 1. The first-order valence-electron chi connectivity index (χ1n) is 8.01. The number of para-hydroxylation sites is 1. The standard InChI is InChI=1S/C15H12O2.C7H6O2/c16-14(12-7-3-1-4-8-12)11-15(17)13-9-5-2-6-10-13;8-5-6-3-1-2-4-7(6)9/h1-10H,11H2;1-5,9H. The second-order valence-corrected chi connectivity index (χ2v) is 5.43. The van der Waals surface area contributed by atoms with E-state index in [0.717, 1.165) is 0 Å². The third-order valence-corrected chi connectivity index (χ3v) is 3.58. The zero-order valence-electron chi connectivity index (χ0n) is 14.0. The van der Waals surface area contributed by atoms with E-state index in [9.17, 15) is 14.4 Å². The van der Waals surface area contributed by atoms with Crippen LogP contribution in [0.5, 0.6) is 5.75 Å². The molecule has 0 radical (unpaired) electrons. The lowest BCUT2D eigenvalue weighted by molar-refractivity contribution is 0.0893. The molecule has 0 aliphatic rings. The van der Waals surface area contributed by atoms with Gasteiger partial charge in [-0.3, -0.25) is 14.4 Å². The molecule has 0 unspecified atom stereocenters. The van der Waals surface area contributed by atoms with Crippen molar-refractivity contribution in [1.29, 1.82) is 0 Å². The van der Waals surface area contributed by atoms with Gasteiger partial charge in [0.25, 0.3) is 0 Å². The Kier molecular flexibility index (Phi) is 7.01. The van der Waals surface area contributed by atoms with Gasteiger partial charge in [-0.25, -0.2) is 0 Å².